The summed E-state index contributed by atoms with van der Waals surface area (Å²) in [6, 6.07) is 19.0. The van der Waals surface area contributed by atoms with Crippen LogP contribution < -0.4 is 0 Å². The van der Waals surface area contributed by atoms with Crippen LogP contribution in [0.5, 0.6) is 0 Å². The van der Waals surface area contributed by atoms with Gasteiger partial charge in [-0.05, 0) is 94.6 Å². The van der Waals surface area contributed by atoms with Crippen LogP contribution >= 0.6 is 11.3 Å². The van der Waals surface area contributed by atoms with Crippen molar-refractivity contribution in [1.29, 1.82) is 0 Å². The summed E-state index contributed by atoms with van der Waals surface area (Å²) in [7, 11) is 0. The van der Waals surface area contributed by atoms with Crippen molar-refractivity contribution < 1.29 is 20.1 Å². The van der Waals surface area contributed by atoms with E-state index in [1.165, 1.54) is 52.5 Å². The molecule has 0 bridgehead atoms. The fourth-order valence-corrected chi connectivity index (χ4v) is 6.04. The molecule has 0 fully saturated rings. The van der Waals surface area contributed by atoms with Crippen LogP contribution in [-0.4, -0.2) is 15.0 Å². The number of aryl methyl sites for hydroxylation is 3. The maximum Gasteiger partial charge on any atom is 0.0192 e. The van der Waals surface area contributed by atoms with Crippen LogP contribution in [0.4, 0.5) is 0 Å². The van der Waals surface area contributed by atoms with Gasteiger partial charge in [0.15, 0.2) is 0 Å². The molecular weight excluding hydrogens is 639 g/mol. The molecule has 0 saturated carbocycles. The molecule has 3 nitrogen and oxygen atoms in total. The van der Waals surface area contributed by atoms with E-state index in [9.17, 15) is 0 Å². The Kier molecular flexibility index (Phi) is 8.79. The zero-order chi connectivity index (χ0) is 24.2. The number of benzene rings is 1. The second-order valence-corrected chi connectivity index (χ2v) is 10.4. The number of hydrogen-bond donors (Lipinski definition) is 0. The van der Waals surface area contributed by atoms with Crippen LogP contribution in [0.2, 0.25) is 0 Å². The van der Waals surface area contributed by atoms with Crippen LogP contribution in [0.15, 0.2) is 67.1 Å². The standard InChI is InChI=1S/C20H21N2S.C11H8N.Ir/c1-12(2)15-8-18(22-9-13(15)3)17-11-21-10-16-14-6-4-5-7-19(14)23-20(16)17;1-2-6-10(7-3-1)11-8-4-5-9-12-11;/h8-10,12H,4-7H2,1-3H3;1-6,8-9H;/q2*-1;. The molecule has 0 saturated heterocycles. The summed E-state index contributed by atoms with van der Waals surface area (Å²) >= 11 is 1.93. The van der Waals surface area contributed by atoms with E-state index in [-0.39, 0.29) is 20.1 Å². The normalized spacial score (nSPS) is 12.4. The van der Waals surface area contributed by atoms with Gasteiger partial charge in [0.2, 0.25) is 0 Å². The monoisotopic (exact) mass is 668 g/mol. The van der Waals surface area contributed by atoms with E-state index in [4.69, 9.17) is 0 Å². The first-order valence-corrected chi connectivity index (χ1v) is 13.1. The quantitative estimate of drug-likeness (QED) is 0.183. The van der Waals surface area contributed by atoms with Crippen LogP contribution in [-0.2, 0) is 32.9 Å². The summed E-state index contributed by atoms with van der Waals surface area (Å²) in [6.07, 6.45) is 14.0. The zero-order valence-corrected chi connectivity index (χ0v) is 24.1. The topological polar surface area (TPSA) is 38.7 Å². The SMILES string of the molecule is Cc1cnc(-c2[c-]ncc3c4c(sc23)CCCC4)cc1C(C)C.[Ir].[c-]1ccccc1-c1ccccn1. The largest absolute Gasteiger partial charge is 0.359 e. The van der Waals surface area contributed by atoms with Gasteiger partial charge < -0.3 is 15.0 Å². The van der Waals surface area contributed by atoms with E-state index >= 15 is 0 Å². The molecule has 6 rings (SSSR count). The van der Waals surface area contributed by atoms with Gasteiger partial charge >= 0.3 is 0 Å². The Morgan fingerprint density at radius 2 is 1.78 bits per heavy atom. The Morgan fingerprint density at radius 3 is 2.53 bits per heavy atom. The second kappa shape index (κ2) is 12.0. The molecule has 0 N–H and O–H groups in total. The number of thiophene rings is 1. The van der Waals surface area contributed by atoms with Crippen molar-refractivity contribution in [1.82, 2.24) is 15.0 Å². The number of rotatable bonds is 3. The average molecular weight is 668 g/mol. The molecule has 1 aromatic carbocycles. The van der Waals surface area contributed by atoms with Gasteiger partial charge in [0.25, 0.3) is 0 Å². The number of nitrogens with zero attached hydrogens (tertiary/aromatic N) is 3. The van der Waals surface area contributed by atoms with Crippen molar-refractivity contribution in [3.05, 3.63) is 101 Å². The molecule has 5 heteroatoms. The third kappa shape index (κ3) is 5.64. The number of hydrogen-bond acceptors (Lipinski definition) is 4. The van der Waals surface area contributed by atoms with Gasteiger partial charge in [0.05, 0.1) is 0 Å². The zero-order valence-electron chi connectivity index (χ0n) is 20.8. The summed E-state index contributed by atoms with van der Waals surface area (Å²) in [5.74, 6) is 0.500. The van der Waals surface area contributed by atoms with Crippen LogP contribution in [0.3, 0.4) is 0 Å². The summed E-state index contributed by atoms with van der Waals surface area (Å²) in [5.41, 5.74) is 8.24. The van der Waals surface area contributed by atoms with E-state index in [0.717, 1.165) is 22.5 Å². The second-order valence-electron chi connectivity index (χ2n) is 9.27. The van der Waals surface area contributed by atoms with Gasteiger partial charge in [0, 0.05) is 32.5 Å². The van der Waals surface area contributed by atoms with Crippen molar-refractivity contribution in [3.63, 3.8) is 0 Å². The molecule has 4 aromatic heterocycles. The number of pyridine rings is 3. The van der Waals surface area contributed by atoms with Gasteiger partial charge in [0.1, 0.15) is 0 Å². The summed E-state index contributed by atoms with van der Waals surface area (Å²) < 4.78 is 1.32. The van der Waals surface area contributed by atoms with Crippen LogP contribution in [0.1, 0.15) is 54.2 Å². The average Bonchev–Trinajstić information content (AvgIpc) is 3.29. The molecule has 0 unspecified atom stereocenters. The molecule has 1 aliphatic carbocycles. The summed E-state index contributed by atoms with van der Waals surface area (Å²) in [5, 5.41) is 1.33. The van der Waals surface area contributed by atoms with Gasteiger partial charge in [-0.3, -0.25) is 0 Å². The molecule has 0 aliphatic heterocycles. The molecule has 1 aliphatic rings. The van der Waals surface area contributed by atoms with Crippen molar-refractivity contribution >= 4 is 21.4 Å². The molecule has 4 heterocycles. The molecule has 36 heavy (non-hydrogen) atoms. The fraction of sp³-hybridized carbons (Fsp3) is 0.258. The van der Waals surface area contributed by atoms with Crippen molar-refractivity contribution in [2.75, 3.05) is 0 Å². The molecule has 1 radical (unpaired) electrons. The van der Waals surface area contributed by atoms with Gasteiger partial charge in [-0.25, -0.2) is 0 Å². The van der Waals surface area contributed by atoms with E-state index < -0.39 is 0 Å². The van der Waals surface area contributed by atoms with Crippen molar-refractivity contribution in [2.24, 2.45) is 0 Å². The van der Waals surface area contributed by atoms with Crippen molar-refractivity contribution in [2.45, 2.75) is 52.4 Å². The molecule has 185 valence electrons. The van der Waals surface area contributed by atoms with E-state index in [0.29, 0.717) is 5.92 Å². The van der Waals surface area contributed by atoms with Crippen molar-refractivity contribution in [3.8, 4) is 22.5 Å². The predicted octanol–water partition coefficient (Wildman–Crippen LogP) is 8.02. The molecular formula is C31H29IrN3S-2. The minimum atomic E-state index is 0. The summed E-state index contributed by atoms with van der Waals surface area (Å²) in [6.45, 7) is 6.61. The van der Waals surface area contributed by atoms with Crippen LogP contribution in [0.25, 0.3) is 32.6 Å². The first-order chi connectivity index (χ1) is 17.1. The molecule has 0 atom stereocenters. The van der Waals surface area contributed by atoms with E-state index in [1.807, 2.05) is 66.2 Å². The van der Waals surface area contributed by atoms with Gasteiger partial charge in [-0.15, -0.1) is 35.9 Å². The predicted molar refractivity (Wildman–Crippen MR) is 146 cm³/mol. The Morgan fingerprint density at radius 1 is 0.944 bits per heavy atom. The maximum atomic E-state index is 4.68. The third-order valence-electron chi connectivity index (χ3n) is 6.48. The first kappa shape index (κ1) is 26.3. The molecule has 0 amide bonds. The summed E-state index contributed by atoms with van der Waals surface area (Å²) in [4.78, 5) is 14.9. The molecule has 5 aromatic rings. The minimum Gasteiger partial charge on any atom is -0.359 e. The minimum absolute atomic E-state index is 0. The van der Waals surface area contributed by atoms with Gasteiger partial charge in [-0.2, -0.15) is 11.3 Å². The molecule has 0 spiro atoms. The first-order valence-electron chi connectivity index (χ1n) is 12.3. The number of fused-ring (bicyclic) bond motifs is 3. The fourth-order valence-electron chi connectivity index (χ4n) is 4.67. The Hall–Kier alpha value is -2.72. The Labute approximate surface area is 231 Å². The van der Waals surface area contributed by atoms with Crippen LogP contribution in [0, 0.1) is 19.2 Å². The number of aromatic nitrogens is 3. The van der Waals surface area contributed by atoms with E-state index in [1.54, 1.807) is 11.1 Å². The Bertz CT molecular complexity index is 1390. The van der Waals surface area contributed by atoms with Gasteiger partial charge in [-0.1, -0.05) is 43.0 Å². The third-order valence-corrected chi connectivity index (χ3v) is 7.81. The smallest absolute Gasteiger partial charge is 0.0192 e. The van der Waals surface area contributed by atoms with E-state index in [2.05, 4.69) is 54.1 Å². The Balaban J connectivity index is 0.000000198. The maximum absolute atomic E-state index is 4.68.